The number of hydrogen-bond acceptors (Lipinski definition) is 4. The third kappa shape index (κ3) is 5.21. The molecule has 0 bridgehead atoms. The minimum atomic E-state index is -1.20. The van der Waals surface area contributed by atoms with Crippen LogP contribution in [0.5, 0.6) is 0 Å². The number of likely N-dealkylation sites (tertiary alicyclic amines) is 1. The quantitative estimate of drug-likeness (QED) is 0.599. The summed E-state index contributed by atoms with van der Waals surface area (Å²) in [5.74, 6) is -0.970. The van der Waals surface area contributed by atoms with Crippen molar-refractivity contribution in [1.82, 2.24) is 15.1 Å². The van der Waals surface area contributed by atoms with E-state index >= 15 is 0 Å². The number of para-hydroxylation sites is 1. The van der Waals surface area contributed by atoms with Gasteiger partial charge in [-0.3, -0.25) is 19.3 Å². The molecule has 2 aliphatic heterocycles. The second kappa shape index (κ2) is 10.3. The van der Waals surface area contributed by atoms with E-state index in [1.807, 2.05) is 54.6 Å². The van der Waals surface area contributed by atoms with Crippen LogP contribution in [0.3, 0.4) is 0 Å². The molecule has 0 aliphatic carbocycles. The van der Waals surface area contributed by atoms with Crippen molar-refractivity contribution in [3.63, 3.8) is 0 Å². The predicted octanol–water partition coefficient (Wildman–Crippen LogP) is 3.28. The van der Waals surface area contributed by atoms with Crippen LogP contribution in [0.2, 0.25) is 0 Å². The molecule has 8 heteroatoms. The molecule has 4 rings (SSSR count). The maximum atomic E-state index is 13.2. The summed E-state index contributed by atoms with van der Waals surface area (Å²) < 4.78 is 0. The zero-order valence-corrected chi connectivity index (χ0v) is 20.3. The molecule has 0 saturated carbocycles. The molecule has 0 aromatic heterocycles. The van der Waals surface area contributed by atoms with Gasteiger partial charge in [-0.15, -0.1) is 0 Å². The fourth-order valence-corrected chi connectivity index (χ4v) is 4.72. The van der Waals surface area contributed by atoms with Gasteiger partial charge in [0, 0.05) is 24.7 Å². The minimum Gasteiger partial charge on any atom is -0.341 e. The minimum absolute atomic E-state index is 0.0573. The third-order valence-electron chi connectivity index (χ3n) is 6.90. The highest BCUT2D eigenvalue weighted by Gasteiger charge is 2.49. The van der Waals surface area contributed by atoms with Gasteiger partial charge < -0.3 is 15.5 Å². The van der Waals surface area contributed by atoms with Crippen LogP contribution < -0.4 is 10.6 Å². The third-order valence-corrected chi connectivity index (χ3v) is 6.90. The van der Waals surface area contributed by atoms with Gasteiger partial charge >= 0.3 is 6.03 Å². The molecule has 1 atom stereocenters. The Bertz CT molecular complexity index is 1090. The zero-order chi connectivity index (χ0) is 25.0. The number of hydrogen-bond donors (Lipinski definition) is 2. The Labute approximate surface area is 205 Å². The van der Waals surface area contributed by atoms with E-state index in [-0.39, 0.29) is 24.3 Å². The summed E-state index contributed by atoms with van der Waals surface area (Å²) in [4.78, 5) is 54.0. The Hall–Kier alpha value is -3.68. The van der Waals surface area contributed by atoms with E-state index < -0.39 is 17.5 Å². The van der Waals surface area contributed by atoms with Crippen LogP contribution in [0, 0.1) is 5.92 Å². The standard InChI is InChI=1S/C27H32N4O4/c1-3-7-19-10-12-21(13-11-19)27(2)25(34)31(26(35)29-27)18-23(32)30-16-14-20(15-17-30)24(33)28-22-8-5-4-6-9-22/h4-6,8-13,20H,3,7,14-18H2,1-2H3,(H,28,33)(H,29,35). The number of benzene rings is 2. The van der Waals surface area contributed by atoms with Crippen LogP contribution in [0.4, 0.5) is 10.5 Å². The van der Waals surface area contributed by atoms with Crippen molar-refractivity contribution in [3.05, 3.63) is 65.7 Å². The summed E-state index contributed by atoms with van der Waals surface area (Å²) in [5, 5.41) is 5.68. The highest BCUT2D eigenvalue weighted by Crippen LogP contribution is 2.29. The fraction of sp³-hybridized carbons (Fsp3) is 0.407. The van der Waals surface area contributed by atoms with Gasteiger partial charge in [-0.2, -0.15) is 0 Å². The van der Waals surface area contributed by atoms with Crippen molar-refractivity contribution >= 4 is 29.4 Å². The molecule has 5 amide bonds. The number of carbonyl (C=O) groups is 4. The Morgan fingerprint density at radius 3 is 2.31 bits per heavy atom. The van der Waals surface area contributed by atoms with Gasteiger partial charge in [0.25, 0.3) is 5.91 Å². The van der Waals surface area contributed by atoms with E-state index in [4.69, 9.17) is 0 Å². The van der Waals surface area contributed by atoms with Crippen molar-refractivity contribution in [2.45, 2.75) is 45.1 Å². The lowest BCUT2D eigenvalue weighted by Gasteiger charge is -2.32. The fourth-order valence-electron chi connectivity index (χ4n) is 4.72. The van der Waals surface area contributed by atoms with Crippen LogP contribution in [-0.4, -0.2) is 53.2 Å². The summed E-state index contributed by atoms with van der Waals surface area (Å²) in [6.07, 6.45) is 3.04. The topological polar surface area (TPSA) is 98.8 Å². The number of anilines is 1. The molecule has 2 N–H and O–H groups in total. The van der Waals surface area contributed by atoms with E-state index in [2.05, 4.69) is 17.6 Å². The second-order valence-electron chi connectivity index (χ2n) is 9.40. The highest BCUT2D eigenvalue weighted by atomic mass is 16.2. The Morgan fingerprint density at radius 2 is 1.69 bits per heavy atom. The summed E-state index contributed by atoms with van der Waals surface area (Å²) in [6, 6.07) is 16.4. The zero-order valence-electron chi connectivity index (χ0n) is 20.3. The average molecular weight is 477 g/mol. The van der Waals surface area contributed by atoms with Gasteiger partial charge in [-0.25, -0.2) is 4.79 Å². The number of carbonyl (C=O) groups excluding carboxylic acids is 4. The molecular formula is C27H32N4O4. The first-order valence-electron chi connectivity index (χ1n) is 12.2. The lowest BCUT2D eigenvalue weighted by Crippen LogP contribution is -2.47. The van der Waals surface area contributed by atoms with Gasteiger partial charge in [0.05, 0.1) is 0 Å². The highest BCUT2D eigenvalue weighted by molar-refractivity contribution is 6.09. The number of rotatable bonds is 7. The van der Waals surface area contributed by atoms with E-state index in [0.29, 0.717) is 31.5 Å². The molecular weight excluding hydrogens is 444 g/mol. The van der Waals surface area contributed by atoms with Gasteiger partial charge in [-0.05, 0) is 49.4 Å². The van der Waals surface area contributed by atoms with Crippen molar-refractivity contribution in [2.24, 2.45) is 5.92 Å². The van der Waals surface area contributed by atoms with Crippen LogP contribution in [0.1, 0.15) is 44.2 Å². The Kier molecular flexibility index (Phi) is 7.19. The van der Waals surface area contributed by atoms with Crippen molar-refractivity contribution in [1.29, 1.82) is 0 Å². The molecule has 1 unspecified atom stereocenters. The Balaban J connectivity index is 1.33. The van der Waals surface area contributed by atoms with Crippen LogP contribution in [0.25, 0.3) is 0 Å². The summed E-state index contributed by atoms with van der Waals surface area (Å²) >= 11 is 0. The lowest BCUT2D eigenvalue weighted by molar-refractivity contribution is -0.140. The average Bonchev–Trinajstić information content (AvgIpc) is 3.09. The van der Waals surface area contributed by atoms with Crippen molar-refractivity contribution < 1.29 is 19.2 Å². The molecule has 2 saturated heterocycles. The normalized spacial score (nSPS) is 20.6. The van der Waals surface area contributed by atoms with Gasteiger partial charge in [0.2, 0.25) is 11.8 Å². The SMILES string of the molecule is CCCc1ccc(C2(C)NC(=O)N(CC(=O)N3CCC(C(=O)Nc4ccccc4)CC3)C2=O)cc1. The molecule has 2 heterocycles. The number of nitrogens with one attached hydrogen (secondary N) is 2. The monoisotopic (exact) mass is 476 g/mol. The number of nitrogens with zero attached hydrogens (tertiary/aromatic N) is 2. The van der Waals surface area contributed by atoms with Gasteiger partial charge in [0.15, 0.2) is 0 Å². The molecule has 2 aliphatic rings. The molecule has 2 aromatic carbocycles. The number of piperidine rings is 1. The van der Waals surface area contributed by atoms with Crippen LogP contribution in [-0.2, 0) is 26.3 Å². The summed E-state index contributed by atoms with van der Waals surface area (Å²) in [6.45, 7) is 4.28. The van der Waals surface area contributed by atoms with E-state index in [1.165, 1.54) is 5.56 Å². The van der Waals surface area contributed by atoms with Crippen LogP contribution >= 0.6 is 0 Å². The molecule has 0 radical (unpaired) electrons. The Morgan fingerprint density at radius 1 is 1.03 bits per heavy atom. The number of imide groups is 1. The predicted molar refractivity (Wildman–Crippen MR) is 132 cm³/mol. The molecule has 2 fully saturated rings. The maximum absolute atomic E-state index is 13.2. The largest absolute Gasteiger partial charge is 0.341 e. The second-order valence-corrected chi connectivity index (χ2v) is 9.40. The van der Waals surface area contributed by atoms with Crippen LogP contribution in [0.15, 0.2) is 54.6 Å². The number of aryl methyl sites for hydroxylation is 1. The van der Waals surface area contributed by atoms with Crippen molar-refractivity contribution in [3.8, 4) is 0 Å². The molecule has 8 nitrogen and oxygen atoms in total. The maximum Gasteiger partial charge on any atom is 0.325 e. The first-order valence-corrected chi connectivity index (χ1v) is 12.2. The molecule has 184 valence electrons. The van der Waals surface area contributed by atoms with E-state index in [9.17, 15) is 19.2 Å². The van der Waals surface area contributed by atoms with Crippen molar-refractivity contribution in [2.75, 3.05) is 25.0 Å². The first kappa shape index (κ1) is 24.4. The van der Waals surface area contributed by atoms with E-state index in [0.717, 1.165) is 23.4 Å². The van der Waals surface area contributed by atoms with E-state index in [1.54, 1.807) is 11.8 Å². The molecule has 0 spiro atoms. The van der Waals surface area contributed by atoms with Gasteiger partial charge in [0.1, 0.15) is 12.1 Å². The smallest absolute Gasteiger partial charge is 0.325 e. The summed E-state index contributed by atoms with van der Waals surface area (Å²) in [7, 11) is 0. The number of urea groups is 1. The molecule has 2 aromatic rings. The lowest BCUT2D eigenvalue weighted by atomic mass is 9.91. The van der Waals surface area contributed by atoms with Gasteiger partial charge in [-0.1, -0.05) is 55.8 Å². The molecule has 35 heavy (non-hydrogen) atoms. The first-order chi connectivity index (χ1) is 16.8. The number of amides is 5. The summed E-state index contributed by atoms with van der Waals surface area (Å²) in [5.41, 5.74) is 1.41.